The lowest BCUT2D eigenvalue weighted by atomic mass is 10.00. The summed E-state index contributed by atoms with van der Waals surface area (Å²) < 4.78 is 0. The maximum absolute atomic E-state index is 13.1. The molecule has 2 aliphatic heterocycles. The zero-order valence-corrected chi connectivity index (χ0v) is 16.2. The van der Waals surface area contributed by atoms with Crippen molar-refractivity contribution in [3.63, 3.8) is 0 Å². The molecule has 1 saturated carbocycles. The molecule has 2 fully saturated rings. The van der Waals surface area contributed by atoms with Gasteiger partial charge in [0.05, 0.1) is 11.7 Å². The molecule has 0 spiro atoms. The van der Waals surface area contributed by atoms with Crippen LogP contribution in [0, 0.1) is 12.8 Å². The zero-order valence-electron chi connectivity index (χ0n) is 16.2. The molecule has 1 amide bonds. The second-order valence-corrected chi connectivity index (χ2v) is 8.13. The molecule has 2 atom stereocenters. The smallest absolute Gasteiger partial charge is 0.240 e. The van der Waals surface area contributed by atoms with Crippen LogP contribution >= 0.6 is 0 Å². The number of aryl methyl sites for hydroxylation is 1. The Balaban J connectivity index is 1.41. The Hall–Kier alpha value is -2.21. The van der Waals surface area contributed by atoms with Crippen LogP contribution in [0.2, 0.25) is 0 Å². The lowest BCUT2D eigenvalue weighted by molar-refractivity contribution is -0.130. The van der Waals surface area contributed by atoms with Gasteiger partial charge in [0.1, 0.15) is 0 Å². The van der Waals surface area contributed by atoms with Crippen molar-refractivity contribution < 1.29 is 4.79 Å². The van der Waals surface area contributed by atoms with E-state index in [9.17, 15) is 4.79 Å². The molecule has 2 N–H and O–H groups in total. The summed E-state index contributed by atoms with van der Waals surface area (Å²) in [4.78, 5) is 24.4. The number of nitrogens with one attached hydrogen (secondary N) is 2. The van der Waals surface area contributed by atoms with E-state index in [1.54, 1.807) is 0 Å². The third-order valence-corrected chi connectivity index (χ3v) is 5.79. The SMILES string of the molecule is Cc1cccnc1CN1CCCC[C@@H]1C(=O)NC1(C)N=CC(C2CC2)=CN1. The number of allylic oxidation sites excluding steroid dienone is 1. The van der Waals surface area contributed by atoms with Gasteiger partial charge in [-0.15, -0.1) is 0 Å². The van der Waals surface area contributed by atoms with Crippen LogP contribution in [0.15, 0.2) is 35.1 Å². The normalized spacial score (nSPS) is 28.4. The van der Waals surface area contributed by atoms with Crippen LogP contribution in [0.3, 0.4) is 0 Å². The summed E-state index contributed by atoms with van der Waals surface area (Å²) in [5.74, 6) is -0.0740. The highest BCUT2D eigenvalue weighted by atomic mass is 16.2. The van der Waals surface area contributed by atoms with E-state index >= 15 is 0 Å². The summed E-state index contributed by atoms with van der Waals surface area (Å²) in [6.45, 7) is 5.63. The fraction of sp³-hybridized carbons (Fsp3) is 0.571. The van der Waals surface area contributed by atoms with Gasteiger partial charge in [0.25, 0.3) is 0 Å². The van der Waals surface area contributed by atoms with Crippen molar-refractivity contribution in [3.8, 4) is 0 Å². The Morgan fingerprint density at radius 1 is 1.37 bits per heavy atom. The third-order valence-electron chi connectivity index (χ3n) is 5.79. The number of rotatable bonds is 5. The second-order valence-electron chi connectivity index (χ2n) is 8.13. The molecule has 1 aromatic rings. The maximum atomic E-state index is 13.1. The van der Waals surface area contributed by atoms with Crippen LogP contribution in [0.5, 0.6) is 0 Å². The zero-order chi connectivity index (χ0) is 18.9. The number of carbonyl (C=O) groups excluding carboxylic acids is 1. The van der Waals surface area contributed by atoms with Gasteiger partial charge in [-0.25, -0.2) is 4.99 Å². The first-order chi connectivity index (χ1) is 13.0. The monoisotopic (exact) mass is 367 g/mol. The Morgan fingerprint density at radius 3 is 2.93 bits per heavy atom. The van der Waals surface area contributed by atoms with Gasteiger partial charge in [-0.2, -0.15) is 0 Å². The minimum atomic E-state index is -0.764. The van der Waals surface area contributed by atoms with E-state index in [0.29, 0.717) is 12.5 Å². The summed E-state index contributed by atoms with van der Waals surface area (Å²) >= 11 is 0. The number of aliphatic imine (C=N–C) groups is 1. The Morgan fingerprint density at radius 2 is 2.22 bits per heavy atom. The lowest BCUT2D eigenvalue weighted by Gasteiger charge is -2.37. The number of aromatic nitrogens is 1. The van der Waals surface area contributed by atoms with Crippen molar-refractivity contribution in [1.29, 1.82) is 0 Å². The number of piperidine rings is 1. The molecule has 1 aliphatic carbocycles. The van der Waals surface area contributed by atoms with Gasteiger partial charge in [-0.1, -0.05) is 12.5 Å². The molecule has 6 nitrogen and oxygen atoms in total. The van der Waals surface area contributed by atoms with Crippen LogP contribution < -0.4 is 10.6 Å². The van der Waals surface area contributed by atoms with Gasteiger partial charge in [-0.05, 0) is 69.2 Å². The van der Waals surface area contributed by atoms with Crippen molar-refractivity contribution in [2.45, 2.75) is 64.3 Å². The van der Waals surface area contributed by atoms with Crippen molar-refractivity contribution in [2.75, 3.05) is 6.54 Å². The molecule has 1 saturated heterocycles. The molecule has 0 bridgehead atoms. The van der Waals surface area contributed by atoms with E-state index < -0.39 is 5.79 Å². The Bertz CT molecular complexity index is 770. The Kier molecular flexibility index (Phi) is 5.00. The van der Waals surface area contributed by atoms with Crippen molar-refractivity contribution in [1.82, 2.24) is 20.5 Å². The van der Waals surface area contributed by atoms with E-state index in [1.807, 2.05) is 31.6 Å². The third kappa shape index (κ3) is 4.21. The van der Waals surface area contributed by atoms with Crippen LogP contribution in [0.1, 0.15) is 50.3 Å². The van der Waals surface area contributed by atoms with E-state index in [-0.39, 0.29) is 11.9 Å². The highest BCUT2D eigenvalue weighted by Gasteiger charge is 2.35. The topological polar surface area (TPSA) is 69.6 Å². The number of hydrogen-bond acceptors (Lipinski definition) is 5. The summed E-state index contributed by atoms with van der Waals surface area (Å²) in [6, 6.07) is 3.89. The quantitative estimate of drug-likeness (QED) is 0.839. The van der Waals surface area contributed by atoms with E-state index in [4.69, 9.17) is 0 Å². The predicted molar refractivity (Wildman–Crippen MR) is 106 cm³/mol. The number of likely N-dealkylation sites (tertiary alicyclic amines) is 1. The van der Waals surface area contributed by atoms with Crippen molar-refractivity contribution >= 4 is 12.1 Å². The summed E-state index contributed by atoms with van der Waals surface area (Å²) in [5, 5.41) is 6.41. The van der Waals surface area contributed by atoms with Gasteiger partial charge >= 0.3 is 0 Å². The molecule has 3 aliphatic rings. The molecule has 4 rings (SSSR count). The first-order valence-corrected chi connectivity index (χ1v) is 10.0. The Labute approximate surface area is 161 Å². The standard InChI is InChI=1S/C21H29N5O/c1-15-6-5-10-22-18(15)14-26-11-4-3-7-19(26)20(27)25-21(2)23-12-17(13-24-21)16-8-9-16/h5-6,10,12-13,16,19,23H,3-4,7-9,11,14H2,1-2H3,(H,25,27)/t19-,21?/m1/s1. The van der Waals surface area contributed by atoms with E-state index in [1.165, 1.54) is 24.0 Å². The second kappa shape index (κ2) is 7.43. The molecular formula is C21H29N5O. The highest BCUT2D eigenvalue weighted by Crippen LogP contribution is 2.36. The average molecular weight is 367 g/mol. The van der Waals surface area contributed by atoms with Crippen LogP contribution in [0.4, 0.5) is 0 Å². The fourth-order valence-electron chi connectivity index (χ4n) is 3.89. The van der Waals surface area contributed by atoms with Crippen LogP contribution in [-0.4, -0.2) is 40.4 Å². The number of carbonyl (C=O) groups is 1. The van der Waals surface area contributed by atoms with E-state index in [0.717, 1.165) is 31.5 Å². The minimum Gasteiger partial charge on any atom is -0.351 e. The van der Waals surface area contributed by atoms with Gasteiger partial charge < -0.3 is 10.6 Å². The molecule has 6 heteroatoms. The summed E-state index contributed by atoms with van der Waals surface area (Å²) in [7, 11) is 0. The molecular weight excluding hydrogens is 338 g/mol. The predicted octanol–water partition coefficient (Wildman–Crippen LogP) is 2.50. The molecule has 1 unspecified atom stereocenters. The number of hydrogen-bond donors (Lipinski definition) is 2. The largest absolute Gasteiger partial charge is 0.351 e. The van der Waals surface area contributed by atoms with Crippen LogP contribution in [0.25, 0.3) is 0 Å². The maximum Gasteiger partial charge on any atom is 0.240 e. The molecule has 3 heterocycles. The number of amides is 1. The van der Waals surface area contributed by atoms with Crippen LogP contribution in [-0.2, 0) is 11.3 Å². The van der Waals surface area contributed by atoms with Crippen molar-refractivity contribution in [2.24, 2.45) is 10.9 Å². The minimum absolute atomic E-state index is 0.0405. The van der Waals surface area contributed by atoms with Crippen molar-refractivity contribution in [3.05, 3.63) is 41.4 Å². The fourth-order valence-corrected chi connectivity index (χ4v) is 3.89. The first-order valence-electron chi connectivity index (χ1n) is 10.0. The van der Waals surface area contributed by atoms with Gasteiger partial charge in [-0.3, -0.25) is 14.7 Å². The molecule has 144 valence electrons. The average Bonchev–Trinajstić information content (AvgIpc) is 3.49. The first kappa shape index (κ1) is 18.2. The molecule has 27 heavy (non-hydrogen) atoms. The molecule has 0 radical (unpaired) electrons. The highest BCUT2D eigenvalue weighted by molar-refractivity contribution is 5.84. The van der Waals surface area contributed by atoms with Gasteiger partial charge in [0.15, 0.2) is 0 Å². The summed E-state index contributed by atoms with van der Waals surface area (Å²) in [5.41, 5.74) is 3.46. The van der Waals surface area contributed by atoms with E-state index in [2.05, 4.69) is 38.5 Å². The number of nitrogens with zero attached hydrogens (tertiary/aromatic N) is 3. The molecule has 1 aromatic heterocycles. The van der Waals surface area contributed by atoms with Gasteiger partial charge in [0, 0.05) is 25.2 Å². The van der Waals surface area contributed by atoms with Gasteiger partial charge in [0.2, 0.25) is 11.7 Å². The lowest BCUT2D eigenvalue weighted by Crippen LogP contribution is -2.60. The number of pyridine rings is 1. The summed E-state index contributed by atoms with van der Waals surface area (Å²) in [6.07, 6.45) is 11.3. The molecule has 0 aromatic carbocycles.